The predicted octanol–water partition coefficient (Wildman–Crippen LogP) is 10.5. The van der Waals surface area contributed by atoms with E-state index in [9.17, 15) is 0 Å². The van der Waals surface area contributed by atoms with Crippen molar-refractivity contribution in [2.45, 2.75) is 117 Å². The van der Waals surface area contributed by atoms with Crippen LogP contribution < -0.4 is 4.74 Å². The lowest BCUT2D eigenvalue weighted by Gasteiger charge is -2.39. The highest BCUT2D eigenvalue weighted by atomic mass is 32.1. The van der Waals surface area contributed by atoms with E-state index < -0.39 is 16.6 Å². The normalized spacial score (nSPS) is 15.7. The van der Waals surface area contributed by atoms with Gasteiger partial charge in [0.25, 0.3) is 0 Å². The highest BCUT2D eigenvalue weighted by Crippen LogP contribution is 2.42. The van der Waals surface area contributed by atoms with E-state index in [0.717, 1.165) is 61.1 Å². The minimum Gasteiger partial charge on any atom is -0.502 e. The number of hydrogen-bond acceptors (Lipinski definition) is 7. The average molecular weight is 693 g/mol. The van der Waals surface area contributed by atoms with Crippen molar-refractivity contribution in [2.75, 3.05) is 26.3 Å². The van der Waals surface area contributed by atoms with E-state index in [-0.39, 0.29) is 16.2 Å². The largest absolute Gasteiger partial charge is 0.502 e. The first-order valence-corrected chi connectivity index (χ1v) is 23.6. The zero-order chi connectivity index (χ0) is 34.8. The summed E-state index contributed by atoms with van der Waals surface area (Å²) in [5.41, 5.74) is 5.18. The molecule has 47 heavy (non-hydrogen) atoms. The Kier molecular flexibility index (Phi) is 11.6. The van der Waals surface area contributed by atoms with Crippen molar-refractivity contribution >= 4 is 33.9 Å². The second kappa shape index (κ2) is 14.6. The number of rotatable bonds is 13. The fourth-order valence-corrected chi connectivity index (χ4v) is 8.20. The topological polar surface area (TPSA) is 61.1 Å². The molecule has 0 aliphatic heterocycles. The second-order valence-electron chi connectivity index (χ2n) is 16.1. The van der Waals surface area contributed by atoms with E-state index in [2.05, 4.69) is 95.7 Å². The minimum absolute atomic E-state index is 0.00355. The molecule has 10 heteroatoms. The van der Waals surface area contributed by atoms with Gasteiger partial charge in [-0.15, -0.1) is 0 Å². The van der Waals surface area contributed by atoms with Crippen LogP contribution in [0.3, 0.4) is 0 Å². The summed E-state index contributed by atoms with van der Waals surface area (Å²) in [6, 6.07) is 12.6. The number of nitrogens with zero attached hydrogens (tertiary/aromatic N) is 4. The SMILES string of the molecule is [C-]#[N+]c1cc(-c2nc(-c3cccc4c3CC[C@@H]4N(CCO[Si](C)(C)C(C)(C)C)CCO[Si](C)(C)C(C)(C)C)ns2)ccc1OC(C)C. The molecule has 1 atom stereocenters. The van der Waals surface area contributed by atoms with Crippen molar-refractivity contribution in [1.29, 1.82) is 0 Å². The Morgan fingerprint density at radius 2 is 1.57 bits per heavy atom. The van der Waals surface area contributed by atoms with Crippen LogP contribution in [0, 0.1) is 6.57 Å². The third-order valence-electron chi connectivity index (χ3n) is 10.3. The molecule has 1 aliphatic rings. The highest BCUT2D eigenvalue weighted by molar-refractivity contribution is 7.09. The summed E-state index contributed by atoms with van der Waals surface area (Å²) in [6.07, 6.45) is 2.04. The van der Waals surface area contributed by atoms with Crippen LogP contribution in [0.2, 0.25) is 36.3 Å². The average Bonchev–Trinajstić information content (AvgIpc) is 3.63. The van der Waals surface area contributed by atoms with E-state index in [1.165, 1.54) is 22.7 Å². The van der Waals surface area contributed by atoms with Gasteiger partial charge in [-0.05, 0) is 97.7 Å². The van der Waals surface area contributed by atoms with Gasteiger partial charge in [0.15, 0.2) is 22.5 Å². The maximum Gasteiger partial charge on any atom is 0.228 e. The smallest absolute Gasteiger partial charge is 0.228 e. The maximum absolute atomic E-state index is 7.66. The molecular weight excluding hydrogens is 637 g/mol. The third kappa shape index (κ3) is 8.80. The Balaban J connectivity index is 1.58. The molecule has 0 N–H and O–H groups in total. The molecule has 1 heterocycles. The lowest BCUT2D eigenvalue weighted by Crippen LogP contribution is -2.45. The summed E-state index contributed by atoms with van der Waals surface area (Å²) < 4.78 is 24.0. The Labute approximate surface area is 290 Å². The van der Waals surface area contributed by atoms with Crippen molar-refractivity contribution in [2.24, 2.45) is 0 Å². The van der Waals surface area contributed by atoms with E-state index in [1.807, 2.05) is 32.0 Å². The van der Waals surface area contributed by atoms with Gasteiger partial charge in [0, 0.05) is 43.5 Å². The van der Waals surface area contributed by atoms with Gasteiger partial charge in [-0.25, -0.2) is 9.83 Å². The zero-order valence-corrected chi connectivity index (χ0v) is 33.6. The van der Waals surface area contributed by atoms with Gasteiger partial charge in [0.1, 0.15) is 10.8 Å². The van der Waals surface area contributed by atoms with Crippen LogP contribution in [-0.4, -0.2) is 63.3 Å². The van der Waals surface area contributed by atoms with Gasteiger partial charge in [0.05, 0.1) is 12.7 Å². The Bertz CT molecular complexity index is 1530. The Morgan fingerprint density at radius 3 is 2.13 bits per heavy atom. The first kappa shape index (κ1) is 37.4. The summed E-state index contributed by atoms with van der Waals surface area (Å²) in [6.45, 7) is 37.9. The number of fused-ring (bicyclic) bond motifs is 1. The number of ether oxygens (including phenoxy) is 1. The van der Waals surface area contributed by atoms with Crippen LogP contribution in [0.5, 0.6) is 5.75 Å². The van der Waals surface area contributed by atoms with Crippen LogP contribution in [0.15, 0.2) is 36.4 Å². The lowest BCUT2D eigenvalue weighted by atomic mass is 10.0. The van der Waals surface area contributed by atoms with Gasteiger partial charge < -0.3 is 13.6 Å². The van der Waals surface area contributed by atoms with Crippen molar-refractivity contribution in [3.63, 3.8) is 0 Å². The Hall–Kier alpha value is -2.40. The summed E-state index contributed by atoms with van der Waals surface area (Å²) in [7, 11) is -3.71. The first-order chi connectivity index (χ1) is 21.8. The molecule has 0 unspecified atom stereocenters. The summed E-state index contributed by atoms with van der Waals surface area (Å²) >= 11 is 1.38. The molecule has 256 valence electrons. The highest BCUT2D eigenvalue weighted by Gasteiger charge is 2.39. The molecular formula is C37H56N4O3SSi2. The van der Waals surface area contributed by atoms with Crippen LogP contribution in [0.1, 0.15) is 79.0 Å². The number of hydrogen-bond donors (Lipinski definition) is 0. The molecule has 0 bridgehead atoms. The van der Waals surface area contributed by atoms with E-state index in [4.69, 9.17) is 29.5 Å². The molecule has 0 spiro atoms. The van der Waals surface area contributed by atoms with Crippen LogP contribution in [0.25, 0.3) is 26.8 Å². The quantitative estimate of drug-likeness (QED) is 0.131. The molecule has 0 radical (unpaired) electrons. The van der Waals surface area contributed by atoms with Crippen LogP contribution in [0.4, 0.5) is 5.69 Å². The maximum atomic E-state index is 7.66. The van der Waals surface area contributed by atoms with Crippen LogP contribution >= 0.6 is 11.5 Å². The Morgan fingerprint density at radius 1 is 0.957 bits per heavy atom. The molecule has 0 fully saturated rings. The number of benzene rings is 2. The van der Waals surface area contributed by atoms with Gasteiger partial charge in [-0.3, -0.25) is 4.90 Å². The molecule has 1 aliphatic carbocycles. The third-order valence-corrected chi connectivity index (χ3v) is 20.2. The number of aromatic nitrogens is 2. The van der Waals surface area contributed by atoms with Crippen molar-refractivity contribution in [3.8, 4) is 27.7 Å². The summed E-state index contributed by atoms with van der Waals surface area (Å²) in [5.74, 6) is 1.35. The molecule has 0 amide bonds. The van der Waals surface area contributed by atoms with Crippen molar-refractivity contribution in [3.05, 3.63) is 58.9 Å². The lowest BCUT2D eigenvalue weighted by molar-refractivity contribution is 0.125. The molecule has 4 rings (SSSR count). The van der Waals surface area contributed by atoms with Gasteiger partial charge in [-0.1, -0.05) is 65.8 Å². The summed E-state index contributed by atoms with van der Waals surface area (Å²) in [5, 5.41) is 1.16. The van der Waals surface area contributed by atoms with Crippen molar-refractivity contribution in [1.82, 2.24) is 14.3 Å². The van der Waals surface area contributed by atoms with Crippen LogP contribution in [-0.2, 0) is 15.3 Å². The van der Waals surface area contributed by atoms with E-state index in [0.29, 0.717) is 17.5 Å². The molecule has 0 saturated carbocycles. The minimum atomic E-state index is -1.85. The second-order valence-corrected chi connectivity index (χ2v) is 26.4. The molecule has 1 aromatic heterocycles. The zero-order valence-electron chi connectivity index (χ0n) is 30.8. The standard InChI is InChI=1S/C37H56N4O3SSi2/c1-26(2)44-33-20-17-27(25-31(33)38-9)35-39-34(40-45-35)30-16-14-15-29-28(30)18-19-32(29)41(21-23-42-46(10,11)36(3,4)5)22-24-43-47(12,13)37(6,7)8/h14-17,20,25-26,32H,18-19,21-24H2,1-8,10-13H3/t32-/m0/s1. The molecule has 7 nitrogen and oxygen atoms in total. The van der Waals surface area contributed by atoms with Gasteiger partial charge >= 0.3 is 0 Å². The fraction of sp³-hybridized carbons (Fsp3) is 0.595. The molecule has 3 aromatic rings. The molecule has 2 aromatic carbocycles. The fourth-order valence-electron chi connectivity index (χ4n) is 5.46. The first-order valence-electron chi connectivity index (χ1n) is 17.0. The predicted molar refractivity (Wildman–Crippen MR) is 202 cm³/mol. The van der Waals surface area contributed by atoms with Gasteiger partial charge in [0.2, 0.25) is 5.69 Å². The van der Waals surface area contributed by atoms with Crippen molar-refractivity contribution < 1.29 is 13.6 Å². The molecule has 0 saturated heterocycles. The van der Waals surface area contributed by atoms with E-state index in [1.54, 1.807) is 0 Å². The van der Waals surface area contributed by atoms with Gasteiger partial charge in [-0.2, -0.15) is 4.37 Å². The monoisotopic (exact) mass is 692 g/mol. The summed E-state index contributed by atoms with van der Waals surface area (Å²) in [4.78, 5) is 11.3. The van der Waals surface area contributed by atoms with E-state index >= 15 is 0 Å².